The largest absolute Gasteiger partial charge is 0.416 e. The molecule has 0 aliphatic carbocycles. The van der Waals surface area contributed by atoms with E-state index in [1.807, 2.05) is 0 Å². The van der Waals surface area contributed by atoms with E-state index in [4.69, 9.17) is 4.74 Å². The van der Waals surface area contributed by atoms with Crippen LogP contribution in [0.15, 0.2) is 24.3 Å². The Morgan fingerprint density at radius 3 is 2.08 bits per heavy atom. The Labute approximate surface area is 151 Å². The molecule has 4 nitrogen and oxygen atoms in total. The summed E-state index contributed by atoms with van der Waals surface area (Å²) in [6.07, 6.45) is -0.125. The molecule has 2 saturated heterocycles. The second-order valence-electron chi connectivity index (χ2n) is 7.07. The molecule has 2 heterocycles. The first-order valence-electron chi connectivity index (χ1n) is 9.12. The molecule has 0 spiro atoms. The van der Waals surface area contributed by atoms with E-state index < -0.39 is 11.7 Å². The highest BCUT2D eigenvalue weighted by atomic mass is 19.4. The molecule has 1 aromatic carbocycles. The van der Waals surface area contributed by atoms with E-state index in [9.17, 15) is 18.0 Å². The predicted molar refractivity (Wildman–Crippen MR) is 92.0 cm³/mol. The number of halogens is 3. The van der Waals surface area contributed by atoms with Crippen LogP contribution in [-0.2, 0) is 10.9 Å². The molecule has 1 amide bonds. The summed E-state index contributed by atoms with van der Waals surface area (Å²) in [4.78, 5) is 16.8. The predicted octanol–water partition coefficient (Wildman–Crippen LogP) is 3.42. The molecule has 0 aromatic heterocycles. The number of hydrogen-bond donors (Lipinski definition) is 0. The van der Waals surface area contributed by atoms with E-state index in [-0.39, 0.29) is 5.91 Å². The molecule has 0 unspecified atom stereocenters. The van der Waals surface area contributed by atoms with Crippen molar-refractivity contribution < 1.29 is 22.7 Å². The Morgan fingerprint density at radius 2 is 1.58 bits per heavy atom. The van der Waals surface area contributed by atoms with E-state index in [0.29, 0.717) is 30.8 Å². The van der Waals surface area contributed by atoms with Gasteiger partial charge in [-0.25, -0.2) is 0 Å². The summed E-state index contributed by atoms with van der Waals surface area (Å²) in [5.41, 5.74) is -0.412. The number of carbonyl (C=O) groups excluding carboxylic acids is 1. The third-order valence-corrected chi connectivity index (χ3v) is 5.54. The summed E-state index contributed by atoms with van der Waals surface area (Å²) in [7, 11) is 1.76. The number of alkyl halides is 3. The number of amides is 1. The molecule has 0 atom stereocenters. The van der Waals surface area contributed by atoms with Gasteiger partial charge < -0.3 is 14.5 Å². The molecule has 0 saturated carbocycles. The molecule has 1 aromatic rings. The molecular formula is C19H25F3N2O2. The topological polar surface area (TPSA) is 32.8 Å². The molecular weight excluding hydrogens is 345 g/mol. The minimum atomic E-state index is -4.38. The van der Waals surface area contributed by atoms with Crippen molar-refractivity contribution in [2.45, 2.75) is 44.0 Å². The van der Waals surface area contributed by atoms with Crippen LogP contribution in [0.1, 0.15) is 41.6 Å². The number of piperidine rings is 2. The lowest BCUT2D eigenvalue weighted by Crippen LogP contribution is -2.49. The quantitative estimate of drug-likeness (QED) is 0.817. The number of ether oxygens (including phenoxy) is 1. The zero-order chi connectivity index (χ0) is 18.7. The van der Waals surface area contributed by atoms with Gasteiger partial charge in [-0.2, -0.15) is 13.2 Å². The summed E-state index contributed by atoms with van der Waals surface area (Å²) in [5.74, 6) is -0.185. The Balaban J connectivity index is 1.52. The maximum Gasteiger partial charge on any atom is 0.416 e. The zero-order valence-corrected chi connectivity index (χ0v) is 15.0. The number of rotatable bonds is 3. The minimum Gasteiger partial charge on any atom is -0.381 e. The van der Waals surface area contributed by atoms with Gasteiger partial charge in [0.2, 0.25) is 0 Å². The third kappa shape index (κ3) is 4.38. The van der Waals surface area contributed by atoms with Crippen LogP contribution in [0.4, 0.5) is 13.2 Å². The first-order chi connectivity index (χ1) is 12.4. The van der Waals surface area contributed by atoms with Gasteiger partial charge in [0.1, 0.15) is 0 Å². The van der Waals surface area contributed by atoms with Crippen LogP contribution < -0.4 is 0 Å². The third-order valence-electron chi connectivity index (χ3n) is 5.54. The summed E-state index contributed by atoms with van der Waals surface area (Å²) in [6.45, 7) is 3.34. The normalized spacial score (nSPS) is 21.2. The first-order valence-corrected chi connectivity index (χ1v) is 9.12. The van der Waals surface area contributed by atoms with Crippen LogP contribution in [0.2, 0.25) is 0 Å². The van der Waals surface area contributed by atoms with Gasteiger partial charge in [-0.1, -0.05) is 0 Å². The van der Waals surface area contributed by atoms with Gasteiger partial charge in [-0.05, 0) is 49.9 Å². The molecule has 2 fully saturated rings. The maximum absolute atomic E-state index is 12.6. The van der Waals surface area contributed by atoms with E-state index in [2.05, 4.69) is 4.90 Å². The Hall–Kier alpha value is -1.60. The fourth-order valence-electron chi connectivity index (χ4n) is 3.90. The number of methoxy groups -OCH3 is 1. The van der Waals surface area contributed by atoms with Gasteiger partial charge in [-0.3, -0.25) is 4.79 Å². The van der Waals surface area contributed by atoms with Gasteiger partial charge in [0.15, 0.2) is 0 Å². The standard InChI is InChI=1S/C19H25F3N2O2/c1-26-17-8-12-23(13-9-17)16-6-10-24(11-7-16)18(25)14-2-4-15(5-3-14)19(20,21)22/h2-5,16-17H,6-13H2,1H3. The lowest BCUT2D eigenvalue weighted by atomic mass is 9.98. The Kier molecular flexibility index (Phi) is 5.87. The van der Waals surface area contributed by atoms with Crippen LogP contribution in [-0.4, -0.2) is 61.1 Å². The highest BCUT2D eigenvalue weighted by Crippen LogP contribution is 2.29. The molecule has 7 heteroatoms. The van der Waals surface area contributed by atoms with Crippen molar-refractivity contribution in [2.24, 2.45) is 0 Å². The molecule has 144 valence electrons. The van der Waals surface area contributed by atoms with Crippen molar-refractivity contribution in [1.29, 1.82) is 0 Å². The van der Waals surface area contributed by atoms with E-state index in [1.165, 1.54) is 12.1 Å². The Morgan fingerprint density at radius 1 is 1.00 bits per heavy atom. The number of hydrogen-bond acceptors (Lipinski definition) is 3. The fraction of sp³-hybridized carbons (Fsp3) is 0.632. The maximum atomic E-state index is 12.6. The van der Waals surface area contributed by atoms with Gasteiger partial charge in [0.05, 0.1) is 11.7 Å². The second kappa shape index (κ2) is 7.96. The van der Waals surface area contributed by atoms with E-state index >= 15 is 0 Å². The minimum absolute atomic E-state index is 0.185. The van der Waals surface area contributed by atoms with Crippen molar-refractivity contribution in [3.63, 3.8) is 0 Å². The average Bonchev–Trinajstić information content (AvgIpc) is 2.67. The number of nitrogens with zero attached hydrogens (tertiary/aromatic N) is 2. The summed E-state index contributed by atoms with van der Waals surface area (Å²) in [6, 6.07) is 4.96. The molecule has 2 aliphatic rings. The van der Waals surface area contributed by atoms with Gasteiger partial charge in [0, 0.05) is 44.9 Å². The summed E-state index contributed by atoms with van der Waals surface area (Å²) >= 11 is 0. The smallest absolute Gasteiger partial charge is 0.381 e. The van der Waals surface area contributed by atoms with Crippen molar-refractivity contribution in [2.75, 3.05) is 33.3 Å². The monoisotopic (exact) mass is 370 g/mol. The molecule has 0 N–H and O–H groups in total. The van der Waals surface area contributed by atoms with Crippen LogP contribution in [0.3, 0.4) is 0 Å². The highest BCUT2D eigenvalue weighted by molar-refractivity contribution is 5.94. The van der Waals surface area contributed by atoms with Gasteiger partial charge >= 0.3 is 6.18 Å². The van der Waals surface area contributed by atoms with Gasteiger partial charge in [0.25, 0.3) is 5.91 Å². The number of benzene rings is 1. The summed E-state index contributed by atoms with van der Waals surface area (Å²) in [5, 5.41) is 0. The van der Waals surface area contributed by atoms with Crippen molar-refractivity contribution in [3.8, 4) is 0 Å². The highest BCUT2D eigenvalue weighted by Gasteiger charge is 2.32. The van der Waals surface area contributed by atoms with Gasteiger partial charge in [-0.15, -0.1) is 0 Å². The van der Waals surface area contributed by atoms with Crippen LogP contribution in [0, 0.1) is 0 Å². The average molecular weight is 370 g/mol. The van der Waals surface area contributed by atoms with Crippen molar-refractivity contribution in [3.05, 3.63) is 35.4 Å². The van der Waals surface area contributed by atoms with E-state index in [0.717, 1.165) is 50.9 Å². The van der Waals surface area contributed by atoms with Crippen molar-refractivity contribution in [1.82, 2.24) is 9.80 Å². The first kappa shape index (κ1) is 19.2. The summed E-state index contributed by atoms with van der Waals surface area (Å²) < 4.78 is 43.3. The Bertz CT molecular complexity index is 602. The molecule has 0 radical (unpaired) electrons. The number of likely N-dealkylation sites (tertiary alicyclic amines) is 2. The SMILES string of the molecule is COC1CCN(C2CCN(C(=O)c3ccc(C(F)(F)F)cc3)CC2)CC1. The lowest BCUT2D eigenvalue weighted by Gasteiger charge is -2.41. The zero-order valence-electron chi connectivity index (χ0n) is 15.0. The number of carbonyl (C=O) groups is 1. The molecule has 3 rings (SSSR count). The fourth-order valence-corrected chi connectivity index (χ4v) is 3.90. The molecule has 2 aliphatic heterocycles. The molecule has 0 bridgehead atoms. The van der Waals surface area contributed by atoms with Crippen LogP contribution in [0.25, 0.3) is 0 Å². The second-order valence-corrected chi connectivity index (χ2v) is 7.07. The van der Waals surface area contributed by atoms with Crippen molar-refractivity contribution >= 4 is 5.91 Å². The van der Waals surface area contributed by atoms with E-state index in [1.54, 1.807) is 12.0 Å². The van der Waals surface area contributed by atoms with Crippen LogP contribution in [0.5, 0.6) is 0 Å². The van der Waals surface area contributed by atoms with Crippen LogP contribution >= 0.6 is 0 Å². The molecule has 26 heavy (non-hydrogen) atoms. The lowest BCUT2D eigenvalue weighted by molar-refractivity contribution is -0.137.